The molecule has 158 valence electrons. The lowest BCUT2D eigenvalue weighted by atomic mass is 10.0. The number of nitrogens with zero attached hydrogens (tertiary/aromatic N) is 3. The van der Waals surface area contributed by atoms with E-state index in [9.17, 15) is 8.42 Å². The molecule has 3 unspecified atom stereocenters. The van der Waals surface area contributed by atoms with Gasteiger partial charge in [-0.3, -0.25) is 15.1 Å². The molecule has 1 aromatic carbocycles. The standard InChI is InChI=1S/C20H34N4O2S2/c1-5-10-24-11-12-27-20(24)13-21-19-15-22(2)14-18(23(19)3)16-6-8-17(9-7-16)28(4,25)26/h6-9,18-21H,5,10-15H2,1-4H3. The molecular formula is C20H34N4O2S2. The van der Waals surface area contributed by atoms with Gasteiger partial charge in [0, 0.05) is 44.2 Å². The third kappa shape index (κ3) is 5.29. The van der Waals surface area contributed by atoms with Crippen LogP contribution in [0.2, 0.25) is 0 Å². The van der Waals surface area contributed by atoms with Crippen LogP contribution in [0.1, 0.15) is 24.9 Å². The molecule has 3 atom stereocenters. The number of benzene rings is 1. The smallest absolute Gasteiger partial charge is 0.175 e. The first kappa shape index (κ1) is 22.1. The zero-order valence-electron chi connectivity index (χ0n) is 17.5. The van der Waals surface area contributed by atoms with E-state index in [1.807, 2.05) is 12.1 Å². The van der Waals surface area contributed by atoms with Gasteiger partial charge in [0.2, 0.25) is 0 Å². The Bertz CT molecular complexity index is 741. The van der Waals surface area contributed by atoms with Gasteiger partial charge in [0.1, 0.15) is 0 Å². The molecule has 6 nitrogen and oxygen atoms in total. The van der Waals surface area contributed by atoms with E-state index in [1.165, 1.54) is 31.5 Å². The Balaban J connectivity index is 1.66. The van der Waals surface area contributed by atoms with Crippen LogP contribution in [0.25, 0.3) is 0 Å². The summed E-state index contributed by atoms with van der Waals surface area (Å²) in [5.41, 5.74) is 1.16. The average Bonchev–Trinajstić information content (AvgIpc) is 3.09. The van der Waals surface area contributed by atoms with Crippen LogP contribution in [0.4, 0.5) is 0 Å². The Hall–Kier alpha value is -0.640. The topological polar surface area (TPSA) is 55.9 Å². The molecule has 0 amide bonds. The van der Waals surface area contributed by atoms with E-state index in [0.717, 1.165) is 25.2 Å². The van der Waals surface area contributed by atoms with Gasteiger partial charge in [0.05, 0.1) is 16.4 Å². The SMILES string of the molecule is CCCN1CCSC1CNC1CN(C)CC(c2ccc(S(C)(=O)=O)cc2)N1C. The van der Waals surface area contributed by atoms with Crippen LogP contribution >= 0.6 is 11.8 Å². The first-order valence-corrected chi connectivity index (χ1v) is 13.0. The van der Waals surface area contributed by atoms with Gasteiger partial charge in [-0.15, -0.1) is 11.8 Å². The van der Waals surface area contributed by atoms with Crippen LogP contribution in [0, 0.1) is 0 Å². The molecule has 2 aliphatic rings. The summed E-state index contributed by atoms with van der Waals surface area (Å²) in [4.78, 5) is 7.73. The van der Waals surface area contributed by atoms with Gasteiger partial charge in [-0.2, -0.15) is 0 Å². The molecule has 8 heteroatoms. The second-order valence-electron chi connectivity index (χ2n) is 8.03. The molecule has 0 spiro atoms. The maximum atomic E-state index is 11.7. The highest BCUT2D eigenvalue weighted by Gasteiger charge is 2.33. The second-order valence-corrected chi connectivity index (χ2v) is 11.3. The normalized spacial score (nSPS) is 28.1. The molecule has 0 saturated carbocycles. The van der Waals surface area contributed by atoms with Crippen molar-refractivity contribution >= 4 is 21.6 Å². The number of thioether (sulfide) groups is 1. The highest BCUT2D eigenvalue weighted by atomic mass is 32.2. The predicted octanol–water partition coefficient (Wildman–Crippen LogP) is 1.71. The van der Waals surface area contributed by atoms with E-state index >= 15 is 0 Å². The minimum Gasteiger partial charge on any atom is -0.302 e. The third-order valence-corrected chi connectivity index (χ3v) is 8.18. The van der Waals surface area contributed by atoms with E-state index in [4.69, 9.17) is 0 Å². The van der Waals surface area contributed by atoms with E-state index < -0.39 is 9.84 Å². The van der Waals surface area contributed by atoms with Crippen LogP contribution in [0.5, 0.6) is 0 Å². The summed E-state index contributed by atoms with van der Waals surface area (Å²) >= 11 is 2.06. The van der Waals surface area contributed by atoms with Crippen LogP contribution < -0.4 is 5.32 Å². The fraction of sp³-hybridized carbons (Fsp3) is 0.700. The molecule has 2 aliphatic heterocycles. The monoisotopic (exact) mass is 426 g/mol. The number of sulfone groups is 1. The summed E-state index contributed by atoms with van der Waals surface area (Å²) in [6.07, 6.45) is 2.74. The number of hydrogen-bond acceptors (Lipinski definition) is 7. The number of hydrogen-bond donors (Lipinski definition) is 1. The van der Waals surface area contributed by atoms with Crippen molar-refractivity contribution in [2.75, 3.05) is 58.8 Å². The van der Waals surface area contributed by atoms with Crippen LogP contribution in [-0.4, -0.2) is 93.5 Å². The van der Waals surface area contributed by atoms with E-state index in [1.54, 1.807) is 12.1 Å². The lowest BCUT2D eigenvalue weighted by Gasteiger charge is -2.45. The van der Waals surface area contributed by atoms with Crippen molar-refractivity contribution in [3.05, 3.63) is 29.8 Å². The molecule has 0 aliphatic carbocycles. The zero-order valence-corrected chi connectivity index (χ0v) is 19.1. The molecular weight excluding hydrogens is 392 g/mol. The molecule has 2 fully saturated rings. The summed E-state index contributed by atoms with van der Waals surface area (Å²) in [6, 6.07) is 7.63. The quantitative estimate of drug-likeness (QED) is 0.712. The molecule has 28 heavy (non-hydrogen) atoms. The predicted molar refractivity (Wildman–Crippen MR) is 117 cm³/mol. The minimum atomic E-state index is -3.16. The molecule has 2 saturated heterocycles. The molecule has 0 radical (unpaired) electrons. The number of rotatable bonds is 7. The van der Waals surface area contributed by atoms with Crippen molar-refractivity contribution in [1.82, 2.24) is 20.0 Å². The highest BCUT2D eigenvalue weighted by molar-refractivity contribution is 8.00. The Labute approximate surface area is 174 Å². The van der Waals surface area contributed by atoms with E-state index in [-0.39, 0.29) is 12.2 Å². The van der Waals surface area contributed by atoms with Gasteiger partial charge >= 0.3 is 0 Å². The lowest BCUT2D eigenvalue weighted by molar-refractivity contribution is 0.0377. The first-order chi connectivity index (χ1) is 13.3. The molecule has 1 aromatic rings. The minimum absolute atomic E-state index is 0.243. The fourth-order valence-electron chi connectivity index (χ4n) is 4.15. The van der Waals surface area contributed by atoms with Crippen molar-refractivity contribution in [2.45, 2.75) is 35.8 Å². The van der Waals surface area contributed by atoms with Crippen molar-refractivity contribution in [3.63, 3.8) is 0 Å². The summed E-state index contributed by atoms with van der Waals surface area (Å²) in [6.45, 7) is 7.53. The largest absolute Gasteiger partial charge is 0.302 e. The van der Waals surface area contributed by atoms with Gasteiger partial charge in [0.25, 0.3) is 0 Å². The number of nitrogens with one attached hydrogen (secondary N) is 1. The summed E-state index contributed by atoms with van der Waals surface area (Å²) in [5, 5.41) is 4.36. The van der Waals surface area contributed by atoms with Crippen molar-refractivity contribution < 1.29 is 8.42 Å². The summed E-state index contributed by atoms with van der Waals surface area (Å²) in [5.74, 6) is 1.22. The second kappa shape index (κ2) is 9.45. The van der Waals surface area contributed by atoms with Crippen LogP contribution in [-0.2, 0) is 9.84 Å². The van der Waals surface area contributed by atoms with E-state index in [2.05, 4.69) is 52.8 Å². The van der Waals surface area contributed by atoms with Crippen molar-refractivity contribution in [1.29, 1.82) is 0 Å². The van der Waals surface area contributed by atoms with Gasteiger partial charge in [0.15, 0.2) is 9.84 Å². The molecule has 0 aromatic heterocycles. The maximum absolute atomic E-state index is 11.7. The average molecular weight is 427 g/mol. The molecule has 1 N–H and O–H groups in total. The van der Waals surface area contributed by atoms with Crippen molar-refractivity contribution in [2.24, 2.45) is 0 Å². The van der Waals surface area contributed by atoms with Gasteiger partial charge in [-0.1, -0.05) is 19.1 Å². The summed E-state index contributed by atoms with van der Waals surface area (Å²) in [7, 11) is 1.18. The van der Waals surface area contributed by atoms with E-state index in [0.29, 0.717) is 10.3 Å². The maximum Gasteiger partial charge on any atom is 0.175 e. The zero-order chi connectivity index (χ0) is 20.3. The molecule has 2 heterocycles. The third-order valence-electron chi connectivity index (χ3n) is 5.78. The molecule has 3 rings (SSSR count). The van der Waals surface area contributed by atoms with Gasteiger partial charge in [-0.25, -0.2) is 8.42 Å². The molecule has 0 bridgehead atoms. The highest BCUT2D eigenvalue weighted by Crippen LogP contribution is 2.28. The van der Waals surface area contributed by atoms with Crippen molar-refractivity contribution in [3.8, 4) is 0 Å². The lowest BCUT2D eigenvalue weighted by Crippen LogP contribution is -2.59. The number of piperazine rings is 1. The van der Waals surface area contributed by atoms with Crippen LogP contribution in [0.3, 0.4) is 0 Å². The Morgan fingerprint density at radius 2 is 1.89 bits per heavy atom. The van der Waals surface area contributed by atoms with Gasteiger partial charge in [-0.05, 0) is 44.8 Å². The summed E-state index contributed by atoms with van der Waals surface area (Å²) < 4.78 is 23.5. The fourth-order valence-corrected chi connectivity index (χ4v) is 6.03. The van der Waals surface area contributed by atoms with Gasteiger partial charge < -0.3 is 4.90 Å². The van der Waals surface area contributed by atoms with Crippen LogP contribution in [0.15, 0.2) is 29.2 Å². The Kier molecular flexibility index (Phi) is 7.44. The Morgan fingerprint density at radius 3 is 2.54 bits per heavy atom. The number of likely N-dealkylation sites (N-methyl/N-ethyl adjacent to an activating group) is 2. The first-order valence-electron chi connectivity index (χ1n) is 10.1. The Morgan fingerprint density at radius 1 is 1.18 bits per heavy atom.